The highest BCUT2D eigenvalue weighted by atomic mass is 35.5. The van der Waals surface area contributed by atoms with Crippen molar-refractivity contribution >= 4 is 34.7 Å². The van der Waals surface area contributed by atoms with E-state index in [0.717, 1.165) is 16.9 Å². The third-order valence-corrected chi connectivity index (χ3v) is 3.68. The van der Waals surface area contributed by atoms with Crippen LogP contribution in [-0.2, 0) is 4.79 Å². The Balaban J connectivity index is 1.82. The number of Topliss-reactive ketones (excluding diaryl/α,β-unsaturated/α-hetero) is 1. The number of rotatable bonds is 6. The standard InChI is InChI=1S/C18H19ClN2O2/c1-12-3-6-15(19)11-17(12)21-18(23)9-10-20-16-7-4-14(5-8-16)13(2)22/h3-8,11,20H,9-10H2,1-2H3,(H,21,23). The quantitative estimate of drug-likeness (QED) is 0.777. The summed E-state index contributed by atoms with van der Waals surface area (Å²) < 4.78 is 0. The third-order valence-electron chi connectivity index (χ3n) is 3.45. The van der Waals surface area contributed by atoms with Crippen molar-refractivity contribution < 1.29 is 9.59 Å². The van der Waals surface area contributed by atoms with Crippen LogP contribution in [-0.4, -0.2) is 18.2 Å². The number of halogens is 1. The Bertz CT molecular complexity index is 711. The smallest absolute Gasteiger partial charge is 0.226 e. The van der Waals surface area contributed by atoms with Gasteiger partial charge in [-0.05, 0) is 55.8 Å². The number of nitrogens with one attached hydrogen (secondary N) is 2. The fraction of sp³-hybridized carbons (Fsp3) is 0.222. The zero-order chi connectivity index (χ0) is 16.8. The fourth-order valence-corrected chi connectivity index (χ4v) is 2.26. The first-order valence-corrected chi connectivity index (χ1v) is 7.74. The molecule has 0 radical (unpaired) electrons. The molecule has 0 aliphatic carbocycles. The van der Waals surface area contributed by atoms with Gasteiger partial charge in [0.1, 0.15) is 0 Å². The van der Waals surface area contributed by atoms with Crippen LogP contribution in [0.4, 0.5) is 11.4 Å². The summed E-state index contributed by atoms with van der Waals surface area (Å²) in [5.41, 5.74) is 3.25. The molecule has 0 bridgehead atoms. The van der Waals surface area contributed by atoms with E-state index in [0.29, 0.717) is 23.6 Å². The number of anilines is 2. The van der Waals surface area contributed by atoms with Crippen molar-refractivity contribution in [1.29, 1.82) is 0 Å². The van der Waals surface area contributed by atoms with Gasteiger partial charge in [0.2, 0.25) is 5.91 Å². The molecule has 0 heterocycles. The van der Waals surface area contributed by atoms with Crippen molar-refractivity contribution in [2.45, 2.75) is 20.3 Å². The maximum atomic E-state index is 12.0. The Morgan fingerprint density at radius 1 is 1.09 bits per heavy atom. The van der Waals surface area contributed by atoms with E-state index >= 15 is 0 Å². The van der Waals surface area contributed by atoms with Gasteiger partial charge in [-0.15, -0.1) is 0 Å². The van der Waals surface area contributed by atoms with Crippen LogP contribution in [0.2, 0.25) is 5.02 Å². The molecule has 0 atom stereocenters. The molecule has 0 aromatic heterocycles. The summed E-state index contributed by atoms with van der Waals surface area (Å²) >= 11 is 5.93. The van der Waals surface area contributed by atoms with Gasteiger partial charge >= 0.3 is 0 Å². The number of benzene rings is 2. The molecule has 0 unspecified atom stereocenters. The molecule has 0 aliphatic rings. The molecule has 0 saturated heterocycles. The van der Waals surface area contributed by atoms with E-state index < -0.39 is 0 Å². The Labute approximate surface area is 140 Å². The van der Waals surface area contributed by atoms with Crippen LogP contribution in [0, 0.1) is 6.92 Å². The third kappa shape index (κ3) is 5.11. The second-order valence-corrected chi connectivity index (χ2v) is 5.75. The van der Waals surface area contributed by atoms with Crippen LogP contribution < -0.4 is 10.6 Å². The molecule has 0 saturated carbocycles. The van der Waals surface area contributed by atoms with Gasteiger partial charge in [-0.3, -0.25) is 9.59 Å². The minimum atomic E-state index is -0.0803. The topological polar surface area (TPSA) is 58.2 Å². The molecule has 5 heteroatoms. The molecule has 23 heavy (non-hydrogen) atoms. The summed E-state index contributed by atoms with van der Waals surface area (Å²) in [6, 6.07) is 12.6. The first kappa shape index (κ1) is 17.0. The average molecular weight is 331 g/mol. The van der Waals surface area contributed by atoms with Crippen LogP contribution >= 0.6 is 11.6 Å². The van der Waals surface area contributed by atoms with E-state index in [1.807, 2.05) is 25.1 Å². The van der Waals surface area contributed by atoms with Crippen LogP contribution in [0.1, 0.15) is 29.3 Å². The first-order valence-electron chi connectivity index (χ1n) is 7.36. The second-order valence-electron chi connectivity index (χ2n) is 5.32. The Morgan fingerprint density at radius 3 is 2.43 bits per heavy atom. The highest BCUT2D eigenvalue weighted by Gasteiger charge is 2.05. The van der Waals surface area contributed by atoms with Gasteiger partial charge in [0.25, 0.3) is 0 Å². The maximum absolute atomic E-state index is 12.0. The minimum absolute atomic E-state index is 0.0350. The van der Waals surface area contributed by atoms with Crippen molar-refractivity contribution in [2.24, 2.45) is 0 Å². The van der Waals surface area contributed by atoms with E-state index in [4.69, 9.17) is 11.6 Å². The van der Waals surface area contributed by atoms with E-state index in [-0.39, 0.29) is 11.7 Å². The number of hydrogen-bond donors (Lipinski definition) is 2. The van der Waals surface area contributed by atoms with E-state index in [2.05, 4.69) is 10.6 Å². The molecule has 0 aliphatic heterocycles. The Hall–Kier alpha value is -2.33. The molecular weight excluding hydrogens is 312 g/mol. The molecule has 2 rings (SSSR count). The fourth-order valence-electron chi connectivity index (χ4n) is 2.08. The summed E-state index contributed by atoms with van der Waals surface area (Å²) in [7, 11) is 0. The van der Waals surface area contributed by atoms with Crippen molar-refractivity contribution in [1.82, 2.24) is 0 Å². The van der Waals surface area contributed by atoms with Crippen LogP contribution in [0.3, 0.4) is 0 Å². The predicted octanol–water partition coefficient (Wildman–Crippen LogP) is 4.29. The monoisotopic (exact) mass is 330 g/mol. The first-order chi connectivity index (χ1) is 11.0. The molecule has 0 fully saturated rings. The number of carbonyl (C=O) groups excluding carboxylic acids is 2. The largest absolute Gasteiger partial charge is 0.385 e. The summed E-state index contributed by atoms with van der Waals surface area (Å²) in [5, 5.41) is 6.60. The van der Waals surface area contributed by atoms with Crippen LogP contribution in [0.25, 0.3) is 0 Å². The van der Waals surface area contributed by atoms with Crippen molar-refractivity contribution in [3.63, 3.8) is 0 Å². The van der Waals surface area contributed by atoms with Gasteiger partial charge in [-0.1, -0.05) is 17.7 Å². The lowest BCUT2D eigenvalue weighted by Crippen LogP contribution is -2.16. The van der Waals surface area contributed by atoms with Crippen molar-refractivity contribution in [3.8, 4) is 0 Å². The maximum Gasteiger partial charge on any atom is 0.226 e. The van der Waals surface area contributed by atoms with Gasteiger partial charge in [0.15, 0.2) is 5.78 Å². The minimum Gasteiger partial charge on any atom is -0.385 e. The van der Waals surface area contributed by atoms with Crippen molar-refractivity contribution in [2.75, 3.05) is 17.2 Å². The molecule has 4 nitrogen and oxygen atoms in total. The highest BCUT2D eigenvalue weighted by molar-refractivity contribution is 6.31. The Morgan fingerprint density at radius 2 is 1.78 bits per heavy atom. The van der Waals surface area contributed by atoms with Crippen LogP contribution in [0.15, 0.2) is 42.5 Å². The van der Waals surface area contributed by atoms with Gasteiger partial charge in [-0.25, -0.2) is 0 Å². The SMILES string of the molecule is CC(=O)c1ccc(NCCC(=O)Nc2cc(Cl)ccc2C)cc1. The van der Waals surface area contributed by atoms with Gasteiger partial charge in [0, 0.05) is 34.9 Å². The van der Waals surface area contributed by atoms with E-state index in [1.165, 1.54) is 6.92 Å². The van der Waals surface area contributed by atoms with Crippen LogP contribution in [0.5, 0.6) is 0 Å². The van der Waals surface area contributed by atoms with Gasteiger partial charge in [-0.2, -0.15) is 0 Å². The number of amides is 1. The normalized spacial score (nSPS) is 10.2. The lowest BCUT2D eigenvalue weighted by molar-refractivity contribution is -0.115. The Kier molecular flexibility index (Phi) is 5.77. The van der Waals surface area contributed by atoms with E-state index in [9.17, 15) is 9.59 Å². The summed E-state index contributed by atoms with van der Waals surface area (Å²) in [6.45, 7) is 3.95. The molecule has 2 aromatic rings. The molecule has 120 valence electrons. The van der Waals surface area contributed by atoms with Gasteiger partial charge < -0.3 is 10.6 Å². The zero-order valence-electron chi connectivity index (χ0n) is 13.2. The predicted molar refractivity (Wildman–Crippen MR) is 94.4 cm³/mol. The summed E-state index contributed by atoms with van der Waals surface area (Å²) in [6.07, 6.45) is 0.334. The molecule has 0 spiro atoms. The number of carbonyl (C=O) groups is 2. The van der Waals surface area contributed by atoms with Gasteiger partial charge in [0.05, 0.1) is 0 Å². The molecule has 2 N–H and O–H groups in total. The number of aryl methyl sites for hydroxylation is 1. The molecule has 1 amide bonds. The summed E-state index contributed by atoms with van der Waals surface area (Å²) in [4.78, 5) is 23.2. The second kappa shape index (κ2) is 7.79. The molecule has 2 aromatic carbocycles. The lowest BCUT2D eigenvalue weighted by atomic mass is 10.1. The zero-order valence-corrected chi connectivity index (χ0v) is 13.9. The molecular formula is C18H19ClN2O2. The van der Waals surface area contributed by atoms with Crippen molar-refractivity contribution in [3.05, 3.63) is 58.6 Å². The number of ketones is 1. The lowest BCUT2D eigenvalue weighted by Gasteiger charge is -2.10. The number of hydrogen-bond acceptors (Lipinski definition) is 3. The summed E-state index contributed by atoms with van der Waals surface area (Å²) in [5.74, 6) is -0.0453. The van der Waals surface area contributed by atoms with E-state index in [1.54, 1.807) is 24.3 Å². The highest BCUT2D eigenvalue weighted by Crippen LogP contribution is 2.20. The average Bonchev–Trinajstić information content (AvgIpc) is 2.51.